The Morgan fingerprint density at radius 2 is 2.00 bits per heavy atom. The van der Waals surface area contributed by atoms with Gasteiger partial charge in [-0.1, -0.05) is 0 Å². The summed E-state index contributed by atoms with van der Waals surface area (Å²) in [5.41, 5.74) is 0. The molecule has 0 heterocycles. The van der Waals surface area contributed by atoms with E-state index in [1.54, 1.807) is 0 Å². The molecule has 0 bridgehead atoms. The number of hydrogen-bond acceptors (Lipinski definition) is 3. The molecule has 0 rings (SSSR count). The maximum Gasteiger partial charge on any atom is 0.140 e. The largest absolute Gasteiger partial charge is 0.382 e. The Labute approximate surface area is 73.1 Å². The van der Waals surface area contributed by atoms with Crippen molar-refractivity contribution >= 4 is 11.6 Å². The van der Waals surface area contributed by atoms with Crippen molar-refractivity contribution in [3.05, 3.63) is 0 Å². The van der Waals surface area contributed by atoms with Gasteiger partial charge in [-0.15, -0.1) is 0 Å². The van der Waals surface area contributed by atoms with Crippen molar-refractivity contribution < 1.29 is 14.3 Å². The van der Waals surface area contributed by atoms with Gasteiger partial charge in [-0.2, -0.15) is 0 Å². The van der Waals surface area contributed by atoms with E-state index in [9.17, 15) is 9.59 Å². The van der Waals surface area contributed by atoms with Crippen molar-refractivity contribution in [1.29, 1.82) is 0 Å². The minimum atomic E-state index is -0.0589. The average molecular weight is 172 g/mol. The predicted octanol–water partition coefficient (Wildman–Crippen LogP) is 1.35. The Kier molecular flexibility index (Phi) is 6.57. The highest BCUT2D eigenvalue weighted by molar-refractivity contribution is 5.97. The highest BCUT2D eigenvalue weighted by atomic mass is 16.5. The van der Waals surface area contributed by atoms with Crippen molar-refractivity contribution in [2.45, 2.75) is 33.1 Å². The second-order valence-corrected chi connectivity index (χ2v) is 2.72. The fourth-order valence-electron chi connectivity index (χ4n) is 0.882. The van der Waals surface area contributed by atoms with Crippen LogP contribution in [0.3, 0.4) is 0 Å². The molecule has 0 unspecified atom stereocenters. The highest BCUT2D eigenvalue weighted by Gasteiger charge is 2.04. The number of carbonyl (C=O) groups excluding carboxylic acids is 2. The molecule has 0 aliphatic heterocycles. The number of rotatable bonds is 7. The molecule has 0 saturated heterocycles. The van der Waals surface area contributed by atoms with Gasteiger partial charge in [0.2, 0.25) is 0 Å². The zero-order valence-electron chi connectivity index (χ0n) is 7.76. The van der Waals surface area contributed by atoms with E-state index in [4.69, 9.17) is 4.74 Å². The fraction of sp³-hybridized carbons (Fsp3) is 0.778. The summed E-state index contributed by atoms with van der Waals surface area (Å²) in [6, 6.07) is 0. The van der Waals surface area contributed by atoms with E-state index in [2.05, 4.69) is 0 Å². The molecule has 70 valence electrons. The molecule has 0 aliphatic carbocycles. The molecular formula is C9H16O3. The van der Waals surface area contributed by atoms with Crippen molar-refractivity contribution in [3.8, 4) is 0 Å². The first kappa shape index (κ1) is 11.3. The molecule has 0 aromatic carbocycles. The van der Waals surface area contributed by atoms with Crippen molar-refractivity contribution in [3.63, 3.8) is 0 Å². The molecule has 0 fully saturated rings. The summed E-state index contributed by atoms with van der Waals surface area (Å²) >= 11 is 0. The van der Waals surface area contributed by atoms with Gasteiger partial charge in [0.25, 0.3) is 0 Å². The molecule has 12 heavy (non-hydrogen) atoms. The van der Waals surface area contributed by atoms with Crippen molar-refractivity contribution in [2.24, 2.45) is 0 Å². The highest BCUT2D eigenvalue weighted by Crippen LogP contribution is 1.96. The van der Waals surface area contributed by atoms with Gasteiger partial charge < -0.3 is 4.74 Å². The molecule has 0 spiro atoms. The van der Waals surface area contributed by atoms with E-state index < -0.39 is 0 Å². The second-order valence-electron chi connectivity index (χ2n) is 2.72. The summed E-state index contributed by atoms with van der Waals surface area (Å²) < 4.78 is 5.05. The lowest BCUT2D eigenvalue weighted by Crippen LogP contribution is -2.05. The van der Waals surface area contributed by atoms with E-state index in [0.29, 0.717) is 19.6 Å². The van der Waals surface area contributed by atoms with Crippen LogP contribution in [-0.2, 0) is 14.3 Å². The molecule has 0 saturated carbocycles. The van der Waals surface area contributed by atoms with Gasteiger partial charge in [-0.3, -0.25) is 9.59 Å². The third-order valence-corrected chi connectivity index (χ3v) is 1.39. The molecule has 3 nitrogen and oxygen atoms in total. The van der Waals surface area contributed by atoms with E-state index >= 15 is 0 Å². The van der Waals surface area contributed by atoms with E-state index in [1.807, 2.05) is 6.92 Å². The normalized spacial score (nSPS) is 9.83. The van der Waals surface area contributed by atoms with Gasteiger partial charge in [0.15, 0.2) is 0 Å². The van der Waals surface area contributed by atoms with Crippen molar-refractivity contribution in [2.75, 3.05) is 13.2 Å². The predicted molar refractivity (Wildman–Crippen MR) is 46.0 cm³/mol. The monoisotopic (exact) mass is 172 g/mol. The van der Waals surface area contributed by atoms with E-state index in [-0.39, 0.29) is 18.0 Å². The Hall–Kier alpha value is -0.700. The topological polar surface area (TPSA) is 43.4 Å². The Morgan fingerprint density at radius 1 is 1.33 bits per heavy atom. The molecule has 0 N–H and O–H groups in total. The van der Waals surface area contributed by atoms with Gasteiger partial charge in [0.05, 0.1) is 6.42 Å². The summed E-state index contributed by atoms with van der Waals surface area (Å²) in [6.45, 7) is 4.64. The molecule has 3 heteroatoms. The minimum Gasteiger partial charge on any atom is -0.382 e. The molecule has 0 aromatic heterocycles. The van der Waals surface area contributed by atoms with E-state index in [0.717, 1.165) is 6.42 Å². The lowest BCUT2D eigenvalue weighted by Gasteiger charge is -1.99. The molecular weight excluding hydrogens is 156 g/mol. The number of Topliss-reactive ketones (excluding diaryl/α,β-unsaturated/α-hetero) is 2. The first-order valence-corrected chi connectivity index (χ1v) is 4.25. The third-order valence-electron chi connectivity index (χ3n) is 1.39. The Morgan fingerprint density at radius 3 is 2.50 bits per heavy atom. The van der Waals surface area contributed by atoms with Crippen LogP contribution in [-0.4, -0.2) is 24.8 Å². The second kappa shape index (κ2) is 6.98. The Balaban J connectivity index is 3.26. The number of hydrogen-bond donors (Lipinski definition) is 0. The fourth-order valence-corrected chi connectivity index (χ4v) is 0.882. The van der Waals surface area contributed by atoms with Crippen LogP contribution in [0.5, 0.6) is 0 Å². The molecule has 0 aliphatic rings. The summed E-state index contributed by atoms with van der Waals surface area (Å²) in [6.07, 6.45) is 1.26. The van der Waals surface area contributed by atoms with Crippen LogP contribution in [0, 0.1) is 0 Å². The smallest absolute Gasteiger partial charge is 0.140 e. The minimum absolute atomic E-state index is 0.0159. The van der Waals surface area contributed by atoms with E-state index in [1.165, 1.54) is 6.92 Å². The van der Waals surface area contributed by atoms with Crippen LogP contribution in [0.2, 0.25) is 0 Å². The maximum atomic E-state index is 10.9. The average Bonchev–Trinajstić information content (AvgIpc) is 1.97. The molecule has 0 amide bonds. The number of carbonyl (C=O) groups is 2. The number of ketones is 2. The van der Waals surface area contributed by atoms with Crippen LogP contribution >= 0.6 is 0 Å². The maximum absolute atomic E-state index is 10.9. The summed E-state index contributed by atoms with van der Waals surface area (Å²) in [5, 5.41) is 0. The van der Waals surface area contributed by atoms with Crippen molar-refractivity contribution in [1.82, 2.24) is 0 Å². The molecule has 0 atom stereocenters. The summed E-state index contributed by atoms with van der Waals surface area (Å²) in [4.78, 5) is 21.4. The lowest BCUT2D eigenvalue weighted by molar-refractivity contribution is -0.126. The van der Waals surface area contributed by atoms with Gasteiger partial charge in [0.1, 0.15) is 11.6 Å². The van der Waals surface area contributed by atoms with Crippen LogP contribution < -0.4 is 0 Å². The van der Waals surface area contributed by atoms with Crippen LogP contribution in [0.4, 0.5) is 0 Å². The third kappa shape index (κ3) is 7.41. The first-order valence-electron chi connectivity index (χ1n) is 4.25. The first-order chi connectivity index (χ1) is 5.66. The SMILES string of the molecule is CCOCCCC(=O)CC(C)=O. The lowest BCUT2D eigenvalue weighted by atomic mass is 10.1. The van der Waals surface area contributed by atoms with Crippen LogP contribution in [0.15, 0.2) is 0 Å². The quantitative estimate of drug-likeness (QED) is 0.430. The van der Waals surface area contributed by atoms with Gasteiger partial charge in [0, 0.05) is 19.6 Å². The zero-order valence-corrected chi connectivity index (χ0v) is 7.76. The summed E-state index contributed by atoms with van der Waals surface area (Å²) in [7, 11) is 0. The standard InChI is InChI=1S/C9H16O3/c1-3-12-6-4-5-9(11)7-8(2)10/h3-7H2,1-2H3. The van der Waals surface area contributed by atoms with Crippen LogP contribution in [0.1, 0.15) is 33.1 Å². The Bertz CT molecular complexity index is 152. The van der Waals surface area contributed by atoms with Gasteiger partial charge in [-0.05, 0) is 20.3 Å². The van der Waals surface area contributed by atoms with Gasteiger partial charge in [-0.25, -0.2) is 0 Å². The van der Waals surface area contributed by atoms with Gasteiger partial charge >= 0.3 is 0 Å². The molecule has 0 radical (unpaired) electrons. The zero-order chi connectivity index (χ0) is 9.40. The summed E-state index contributed by atoms with van der Waals surface area (Å²) in [5.74, 6) is -0.0430. The van der Waals surface area contributed by atoms with Crippen LogP contribution in [0.25, 0.3) is 0 Å². The number of ether oxygens (including phenoxy) is 1. The molecule has 0 aromatic rings.